The van der Waals surface area contributed by atoms with Gasteiger partial charge in [0, 0.05) is 6.21 Å². The first kappa shape index (κ1) is 22.2. The standard InChI is InChI=1S/C24H31N3/c1-9-11-13-22(25-10-2)23-15-12-14-21(27-23)20(8)26-24(18(5)6)19(7)16-17(3)4/h9-16H,3H2,1-2,4-8H3/b11-9-,19-16-,22-13-,25-10?,26-20?. The molecule has 3 nitrogen and oxygen atoms in total. The van der Waals surface area contributed by atoms with Crippen LogP contribution in [-0.4, -0.2) is 16.9 Å². The minimum Gasteiger partial charge on any atom is -0.259 e. The number of aromatic nitrogens is 1. The van der Waals surface area contributed by atoms with E-state index in [9.17, 15) is 0 Å². The van der Waals surface area contributed by atoms with Gasteiger partial charge in [0.15, 0.2) is 0 Å². The van der Waals surface area contributed by atoms with E-state index in [-0.39, 0.29) is 0 Å². The van der Waals surface area contributed by atoms with E-state index in [0.29, 0.717) is 0 Å². The van der Waals surface area contributed by atoms with Crippen molar-refractivity contribution in [2.45, 2.75) is 48.5 Å². The summed E-state index contributed by atoms with van der Waals surface area (Å²) in [5.74, 6) is 0. The van der Waals surface area contributed by atoms with Crippen LogP contribution in [0.25, 0.3) is 5.70 Å². The van der Waals surface area contributed by atoms with Crippen LogP contribution in [0.2, 0.25) is 0 Å². The molecule has 0 aliphatic rings. The molecule has 0 fully saturated rings. The zero-order valence-electron chi connectivity index (χ0n) is 17.7. The molecule has 1 heterocycles. The highest BCUT2D eigenvalue weighted by atomic mass is 14.8. The van der Waals surface area contributed by atoms with Crippen LogP contribution in [0.5, 0.6) is 0 Å². The highest BCUT2D eigenvalue weighted by Gasteiger charge is 2.07. The summed E-state index contributed by atoms with van der Waals surface area (Å²) in [6.07, 6.45) is 9.72. The first-order chi connectivity index (χ1) is 12.8. The van der Waals surface area contributed by atoms with Crippen molar-refractivity contribution in [1.29, 1.82) is 0 Å². The van der Waals surface area contributed by atoms with Gasteiger partial charge < -0.3 is 0 Å². The zero-order valence-corrected chi connectivity index (χ0v) is 17.7. The number of hydrogen-bond donors (Lipinski definition) is 0. The Balaban J connectivity index is 3.39. The van der Waals surface area contributed by atoms with Crippen LogP contribution in [-0.2, 0) is 0 Å². The summed E-state index contributed by atoms with van der Waals surface area (Å²) in [4.78, 5) is 14.1. The van der Waals surface area contributed by atoms with E-state index in [1.165, 1.54) is 0 Å². The van der Waals surface area contributed by atoms with Gasteiger partial charge in [0.1, 0.15) is 0 Å². The van der Waals surface area contributed by atoms with Crippen LogP contribution < -0.4 is 0 Å². The molecule has 27 heavy (non-hydrogen) atoms. The van der Waals surface area contributed by atoms with Crippen LogP contribution in [0.1, 0.15) is 59.9 Å². The average Bonchev–Trinajstić information content (AvgIpc) is 2.62. The van der Waals surface area contributed by atoms with E-state index in [1.807, 2.05) is 64.1 Å². The molecular weight excluding hydrogens is 330 g/mol. The number of aliphatic imine (C=N–C) groups is 2. The molecule has 1 aromatic heterocycles. The van der Waals surface area contributed by atoms with E-state index in [0.717, 1.165) is 45.2 Å². The van der Waals surface area contributed by atoms with Gasteiger partial charge in [-0.05, 0) is 72.2 Å². The number of pyridine rings is 1. The lowest BCUT2D eigenvalue weighted by molar-refractivity contribution is 1.16. The zero-order chi connectivity index (χ0) is 20.4. The van der Waals surface area contributed by atoms with Crippen molar-refractivity contribution in [3.05, 3.63) is 82.9 Å². The van der Waals surface area contributed by atoms with Gasteiger partial charge in [-0.2, -0.15) is 0 Å². The van der Waals surface area contributed by atoms with Crippen molar-refractivity contribution in [3.63, 3.8) is 0 Å². The Morgan fingerprint density at radius 1 is 1.04 bits per heavy atom. The third-order valence-corrected chi connectivity index (χ3v) is 3.69. The monoisotopic (exact) mass is 361 g/mol. The Morgan fingerprint density at radius 2 is 1.70 bits per heavy atom. The molecule has 0 spiro atoms. The number of hydrogen-bond acceptors (Lipinski definition) is 3. The molecule has 3 heteroatoms. The fourth-order valence-electron chi connectivity index (χ4n) is 2.56. The van der Waals surface area contributed by atoms with Gasteiger partial charge in [0.25, 0.3) is 0 Å². The van der Waals surface area contributed by atoms with Crippen molar-refractivity contribution in [3.8, 4) is 0 Å². The molecule has 0 saturated carbocycles. The molecule has 0 atom stereocenters. The van der Waals surface area contributed by atoms with Gasteiger partial charge in [-0.3, -0.25) is 9.98 Å². The van der Waals surface area contributed by atoms with Gasteiger partial charge in [-0.25, -0.2) is 4.98 Å². The molecule has 1 rings (SSSR count). The molecule has 0 saturated heterocycles. The third-order valence-electron chi connectivity index (χ3n) is 3.69. The lowest BCUT2D eigenvalue weighted by atomic mass is 10.1. The first-order valence-corrected chi connectivity index (χ1v) is 9.16. The first-order valence-electron chi connectivity index (χ1n) is 9.16. The lowest BCUT2D eigenvalue weighted by Gasteiger charge is -2.09. The van der Waals surface area contributed by atoms with E-state index < -0.39 is 0 Å². The second-order valence-electron chi connectivity index (χ2n) is 6.59. The third kappa shape index (κ3) is 7.14. The number of rotatable bonds is 7. The number of allylic oxidation sites excluding steroid dienone is 7. The Bertz CT molecular complexity index is 855. The molecule has 0 unspecified atom stereocenters. The number of nitrogens with zero attached hydrogens (tertiary/aromatic N) is 3. The molecule has 0 aromatic carbocycles. The molecular formula is C24H31N3. The van der Waals surface area contributed by atoms with E-state index >= 15 is 0 Å². The maximum atomic E-state index is 4.86. The summed E-state index contributed by atoms with van der Waals surface area (Å²) >= 11 is 0. The van der Waals surface area contributed by atoms with Gasteiger partial charge >= 0.3 is 0 Å². The van der Waals surface area contributed by atoms with Crippen molar-refractivity contribution in [2.75, 3.05) is 0 Å². The molecule has 0 radical (unpaired) electrons. The SMILES string of the molecule is C=C(C)/C=C(/C)C(N=C(C)c1cccc(/C(=C/C=C\C)N=CC)n1)=C(C)C. The molecule has 0 N–H and O–H groups in total. The van der Waals surface area contributed by atoms with Crippen LogP contribution in [0, 0.1) is 0 Å². The van der Waals surface area contributed by atoms with Gasteiger partial charge in [-0.1, -0.05) is 42.0 Å². The molecule has 0 aliphatic heterocycles. The van der Waals surface area contributed by atoms with Gasteiger partial charge in [0.05, 0.1) is 28.5 Å². The molecule has 0 aliphatic carbocycles. The van der Waals surface area contributed by atoms with Crippen molar-refractivity contribution < 1.29 is 0 Å². The maximum Gasteiger partial charge on any atom is 0.0894 e. The van der Waals surface area contributed by atoms with Crippen LogP contribution in [0.4, 0.5) is 0 Å². The van der Waals surface area contributed by atoms with Crippen LogP contribution in [0.3, 0.4) is 0 Å². The minimum atomic E-state index is 0.825. The van der Waals surface area contributed by atoms with E-state index in [2.05, 4.69) is 38.4 Å². The molecule has 0 amide bonds. The van der Waals surface area contributed by atoms with Crippen LogP contribution in [0.15, 0.2) is 81.5 Å². The highest BCUT2D eigenvalue weighted by molar-refractivity contribution is 5.98. The Hall–Kier alpha value is -2.81. The quantitative estimate of drug-likeness (QED) is 0.392. The fourth-order valence-corrected chi connectivity index (χ4v) is 2.56. The average molecular weight is 362 g/mol. The second kappa shape index (κ2) is 11.0. The predicted molar refractivity (Wildman–Crippen MR) is 120 cm³/mol. The Morgan fingerprint density at radius 3 is 2.26 bits per heavy atom. The van der Waals surface area contributed by atoms with E-state index in [4.69, 9.17) is 9.98 Å². The summed E-state index contributed by atoms with van der Waals surface area (Å²) in [5.41, 5.74) is 7.60. The minimum absolute atomic E-state index is 0.825. The van der Waals surface area contributed by atoms with Gasteiger partial charge in [0.2, 0.25) is 0 Å². The van der Waals surface area contributed by atoms with E-state index in [1.54, 1.807) is 6.21 Å². The summed E-state index contributed by atoms with van der Waals surface area (Å²) in [7, 11) is 0. The van der Waals surface area contributed by atoms with Crippen molar-refractivity contribution in [2.24, 2.45) is 9.98 Å². The normalized spacial score (nSPS) is 13.5. The maximum absolute atomic E-state index is 4.86. The molecule has 1 aromatic rings. The van der Waals surface area contributed by atoms with Crippen LogP contribution >= 0.6 is 0 Å². The summed E-state index contributed by atoms with van der Waals surface area (Å²) in [6, 6.07) is 5.93. The predicted octanol–water partition coefficient (Wildman–Crippen LogP) is 6.71. The summed E-state index contributed by atoms with van der Waals surface area (Å²) in [6.45, 7) is 18.0. The fraction of sp³-hybridized carbons (Fsp3) is 0.292. The van der Waals surface area contributed by atoms with Crippen molar-refractivity contribution in [1.82, 2.24) is 4.98 Å². The highest BCUT2D eigenvalue weighted by Crippen LogP contribution is 2.20. The Kier molecular flexibility index (Phi) is 9.07. The van der Waals surface area contributed by atoms with Crippen molar-refractivity contribution >= 4 is 17.6 Å². The summed E-state index contributed by atoms with van der Waals surface area (Å²) in [5, 5.41) is 0. The molecule has 142 valence electrons. The molecule has 0 bridgehead atoms. The second-order valence-corrected chi connectivity index (χ2v) is 6.59. The topological polar surface area (TPSA) is 37.6 Å². The van der Waals surface area contributed by atoms with Gasteiger partial charge in [-0.15, -0.1) is 0 Å². The Labute approximate surface area is 164 Å². The smallest absolute Gasteiger partial charge is 0.0894 e. The summed E-state index contributed by atoms with van der Waals surface area (Å²) < 4.78 is 0. The lowest BCUT2D eigenvalue weighted by Crippen LogP contribution is -2.02. The largest absolute Gasteiger partial charge is 0.259 e.